The predicted octanol–water partition coefficient (Wildman–Crippen LogP) is 0.918. The van der Waals surface area contributed by atoms with Gasteiger partial charge in [0.2, 0.25) is 0 Å². The molecule has 0 unspecified atom stereocenters. The highest BCUT2D eigenvalue weighted by molar-refractivity contribution is 8.02. The van der Waals surface area contributed by atoms with E-state index in [1.54, 1.807) is 0 Å². The van der Waals surface area contributed by atoms with Gasteiger partial charge in [0.15, 0.2) is 0 Å². The second-order valence-electron chi connectivity index (χ2n) is 2.09. The molecule has 0 aliphatic carbocycles. The molecule has 0 amide bonds. The number of aliphatic imine (C=N–C) groups is 1. The molecule has 0 aromatic carbocycles. The highest BCUT2D eigenvalue weighted by atomic mass is 32.2. The molecule has 2 aliphatic rings. The lowest BCUT2D eigenvalue weighted by Crippen LogP contribution is -2.25. The van der Waals surface area contributed by atoms with Gasteiger partial charge in [0.25, 0.3) is 0 Å². The zero-order valence-electron chi connectivity index (χ0n) is 5.08. The first kappa shape index (κ1) is 5.35. The molecule has 0 N–H and O–H groups in total. The largest absolute Gasteiger partial charge is 0.334 e. The molecule has 0 bridgehead atoms. The lowest BCUT2D eigenvalue weighted by atomic mass is 10.5. The van der Waals surface area contributed by atoms with Crippen LogP contribution in [0.4, 0.5) is 0 Å². The number of hydrogen-bond donors (Lipinski definition) is 0. The summed E-state index contributed by atoms with van der Waals surface area (Å²) in [4.78, 5) is 6.55. The number of rotatable bonds is 0. The molecular weight excluding hydrogens is 132 g/mol. The summed E-state index contributed by atoms with van der Waals surface area (Å²) < 4.78 is 0. The van der Waals surface area contributed by atoms with Crippen LogP contribution in [-0.2, 0) is 0 Å². The topological polar surface area (TPSA) is 15.6 Å². The monoisotopic (exact) mass is 140 g/mol. The average Bonchev–Trinajstić information content (AvgIpc) is 2.33. The van der Waals surface area contributed by atoms with Crippen molar-refractivity contribution in [2.45, 2.75) is 0 Å². The minimum atomic E-state index is 0.986. The Morgan fingerprint density at radius 2 is 2.67 bits per heavy atom. The first-order valence-electron chi connectivity index (χ1n) is 3.05. The lowest BCUT2D eigenvalue weighted by molar-refractivity contribution is 0.609. The van der Waals surface area contributed by atoms with E-state index >= 15 is 0 Å². The Morgan fingerprint density at radius 1 is 1.67 bits per heavy atom. The molecule has 0 atom stereocenters. The minimum Gasteiger partial charge on any atom is -0.334 e. The summed E-state index contributed by atoms with van der Waals surface area (Å²) in [5.74, 6) is 2.32. The molecule has 0 fully saturated rings. The highest BCUT2D eigenvalue weighted by Crippen LogP contribution is 2.15. The van der Waals surface area contributed by atoms with Gasteiger partial charge in [-0.3, -0.25) is 4.99 Å². The van der Waals surface area contributed by atoms with Gasteiger partial charge in [-0.2, -0.15) is 0 Å². The zero-order valence-corrected chi connectivity index (χ0v) is 5.90. The van der Waals surface area contributed by atoms with E-state index in [1.165, 1.54) is 5.84 Å². The summed E-state index contributed by atoms with van der Waals surface area (Å²) in [5, 5.41) is 2.13. The fraction of sp³-hybridized carbons (Fsp3) is 0.500. The third-order valence-corrected chi connectivity index (χ3v) is 2.26. The third kappa shape index (κ3) is 0.852. The molecule has 2 nitrogen and oxygen atoms in total. The van der Waals surface area contributed by atoms with E-state index in [0.29, 0.717) is 0 Å². The van der Waals surface area contributed by atoms with Crippen molar-refractivity contribution in [1.29, 1.82) is 0 Å². The Balaban J connectivity index is 2.23. The van der Waals surface area contributed by atoms with Gasteiger partial charge in [-0.15, -0.1) is 11.8 Å². The molecule has 48 valence electrons. The fourth-order valence-corrected chi connectivity index (χ4v) is 1.77. The van der Waals surface area contributed by atoms with E-state index in [0.717, 1.165) is 18.8 Å². The molecule has 0 aromatic heterocycles. The molecule has 0 saturated heterocycles. The number of fused-ring (bicyclic) bond motifs is 1. The van der Waals surface area contributed by atoms with Crippen molar-refractivity contribution < 1.29 is 0 Å². The Morgan fingerprint density at radius 3 is 3.56 bits per heavy atom. The Hall–Kier alpha value is -0.440. The van der Waals surface area contributed by atoms with Crippen LogP contribution in [0.15, 0.2) is 16.6 Å². The van der Waals surface area contributed by atoms with E-state index in [9.17, 15) is 0 Å². The highest BCUT2D eigenvalue weighted by Gasteiger charge is 2.15. The molecule has 0 radical (unpaired) electrons. The molecule has 2 rings (SSSR count). The predicted molar refractivity (Wildman–Crippen MR) is 40.6 cm³/mol. The van der Waals surface area contributed by atoms with Crippen LogP contribution < -0.4 is 0 Å². The average molecular weight is 140 g/mol. The summed E-state index contributed by atoms with van der Waals surface area (Å²) in [6.07, 6.45) is 2.11. The number of amidine groups is 1. The Bertz CT molecular complexity index is 174. The van der Waals surface area contributed by atoms with Crippen molar-refractivity contribution in [3.8, 4) is 0 Å². The fourth-order valence-electron chi connectivity index (χ4n) is 1.03. The number of hydrogen-bond acceptors (Lipinski definition) is 3. The third-order valence-electron chi connectivity index (χ3n) is 1.52. The van der Waals surface area contributed by atoms with Gasteiger partial charge >= 0.3 is 0 Å². The van der Waals surface area contributed by atoms with Crippen molar-refractivity contribution in [2.75, 3.05) is 18.8 Å². The molecule has 3 heteroatoms. The van der Waals surface area contributed by atoms with Gasteiger partial charge in [0, 0.05) is 12.7 Å². The first-order chi connectivity index (χ1) is 4.47. The summed E-state index contributed by atoms with van der Waals surface area (Å²) >= 11 is 1.82. The summed E-state index contributed by atoms with van der Waals surface area (Å²) in [7, 11) is 0. The molecule has 0 aromatic rings. The molecule has 2 aliphatic heterocycles. The number of nitrogens with zero attached hydrogens (tertiary/aromatic N) is 2. The number of thioether (sulfide) groups is 1. The summed E-state index contributed by atoms with van der Waals surface area (Å²) in [5.41, 5.74) is 0. The van der Waals surface area contributed by atoms with Crippen LogP contribution in [0.5, 0.6) is 0 Å². The van der Waals surface area contributed by atoms with Crippen molar-refractivity contribution in [2.24, 2.45) is 4.99 Å². The van der Waals surface area contributed by atoms with E-state index in [2.05, 4.69) is 21.5 Å². The van der Waals surface area contributed by atoms with Gasteiger partial charge in [0.05, 0.1) is 12.3 Å². The second kappa shape index (κ2) is 2.06. The second-order valence-corrected chi connectivity index (χ2v) is 2.98. The van der Waals surface area contributed by atoms with Gasteiger partial charge in [-0.05, 0) is 5.41 Å². The van der Waals surface area contributed by atoms with Crippen LogP contribution in [0.2, 0.25) is 0 Å². The van der Waals surface area contributed by atoms with Crippen molar-refractivity contribution in [3.63, 3.8) is 0 Å². The molecule has 0 saturated carbocycles. The minimum absolute atomic E-state index is 0.986. The molecule has 0 spiro atoms. The van der Waals surface area contributed by atoms with Crippen LogP contribution in [0.25, 0.3) is 0 Å². The van der Waals surface area contributed by atoms with E-state index < -0.39 is 0 Å². The Labute approximate surface area is 58.6 Å². The van der Waals surface area contributed by atoms with Gasteiger partial charge < -0.3 is 4.90 Å². The smallest absolute Gasteiger partial charge is 0.113 e. The van der Waals surface area contributed by atoms with Crippen LogP contribution in [0, 0.1) is 0 Å². The van der Waals surface area contributed by atoms with Crippen LogP contribution >= 0.6 is 11.8 Å². The SMILES string of the molecule is C1=CN2CCN=C2CS1. The van der Waals surface area contributed by atoms with Crippen molar-refractivity contribution in [1.82, 2.24) is 4.90 Å². The van der Waals surface area contributed by atoms with E-state index in [4.69, 9.17) is 0 Å². The lowest BCUT2D eigenvalue weighted by Gasteiger charge is -2.17. The molecular formula is C6H8N2S. The molecule has 9 heavy (non-hydrogen) atoms. The summed E-state index contributed by atoms with van der Waals surface area (Å²) in [6, 6.07) is 0. The van der Waals surface area contributed by atoms with Crippen LogP contribution in [0.3, 0.4) is 0 Å². The maximum Gasteiger partial charge on any atom is 0.113 e. The van der Waals surface area contributed by atoms with Crippen molar-refractivity contribution >= 4 is 17.6 Å². The van der Waals surface area contributed by atoms with E-state index in [-0.39, 0.29) is 0 Å². The van der Waals surface area contributed by atoms with Gasteiger partial charge in [-0.1, -0.05) is 0 Å². The zero-order chi connectivity index (χ0) is 6.10. The van der Waals surface area contributed by atoms with Crippen LogP contribution in [-0.4, -0.2) is 29.6 Å². The van der Waals surface area contributed by atoms with Gasteiger partial charge in [-0.25, -0.2) is 0 Å². The quantitative estimate of drug-likeness (QED) is 0.497. The normalized spacial score (nSPS) is 24.0. The Kier molecular flexibility index (Phi) is 1.23. The molecule has 2 heterocycles. The van der Waals surface area contributed by atoms with Crippen LogP contribution in [0.1, 0.15) is 0 Å². The summed E-state index contributed by atoms with van der Waals surface area (Å²) in [6.45, 7) is 2.08. The first-order valence-corrected chi connectivity index (χ1v) is 4.10. The van der Waals surface area contributed by atoms with Gasteiger partial charge in [0.1, 0.15) is 5.84 Å². The van der Waals surface area contributed by atoms with Crippen molar-refractivity contribution in [3.05, 3.63) is 11.6 Å². The van der Waals surface area contributed by atoms with E-state index in [1.807, 2.05) is 11.8 Å². The maximum absolute atomic E-state index is 4.33. The standard InChI is InChI=1S/C6H8N2S/c1-2-8-3-4-9-5-6(8)7-1/h3-4H,1-2,5H2. The maximum atomic E-state index is 4.33.